The first-order chi connectivity index (χ1) is 17.2. The zero-order valence-corrected chi connectivity index (χ0v) is 22.1. The SMILES string of the molecule is CCC(NC(=O)CN(c1cc(Cl)ccc1OC)S(=O)(=O)c1ccccc1)c1ccc(OC)c(OC)c1. The minimum atomic E-state index is -4.13. The van der Waals surface area contributed by atoms with Crippen molar-refractivity contribution in [3.05, 3.63) is 77.3 Å². The van der Waals surface area contributed by atoms with E-state index in [0.29, 0.717) is 22.9 Å². The quantitative estimate of drug-likeness (QED) is 0.380. The normalized spacial score (nSPS) is 11.9. The predicted octanol–water partition coefficient (Wildman–Crippen LogP) is 4.83. The molecular formula is C26H29ClN2O6S. The molecule has 3 aromatic carbocycles. The first kappa shape index (κ1) is 27.2. The molecule has 0 aromatic heterocycles. The van der Waals surface area contributed by atoms with E-state index in [1.54, 1.807) is 49.6 Å². The van der Waals surface area contributed by atoms with E-state index >= 15 is 0 Å². The highest BCUT2D eigenvalue weighted by atomic mass is 35.5. The maximum absolute atomic E-state index is 13.6. The van der Waals surface area contributed by atoms with Gasteiger partial charge >= 0.3 is 0 Å². The minimum Gasteiger partial charge on any atom is -0.495 e. The Morgan fingerprint density at radius 1 is 0.917 bits per heavy atom. The number of rotatable bonds is 11. The number of nitrogens with one attached hydrogen (secondary N) is 1. The van der Waals surface area contributed by atoms with Crippen LogP contribution in [0, 0.1) is 0 Å². The number of ether oxygens (including phenoxy) is 3. The Hall–Kier alpha value is -3.43. The third-order valence-electron chi connectivity index (χ3n) is 5.58. The Kier molecular flexibility index (Phi) is 9.06. The number of carbonyl (C=O) groups excluding carboxylic acids is 1. The van der Waals surface area contributed by atoms with E-state index in [1.807, 2.05) is 13.0 Å². The maximum atomic E-state index is 13.6. The molecule has 1 N–H and O–H groups in total. The largest absolute Gasteiger partial charge is 0.495 e. The van der Waals surface area contributed by atoms with Gasteiger partial charge in [0.25, 0.3) is 10.0 Å². The van der Waals surface area contributed by atoms with Crippen LogP contribution in [0.5, 0.6) is 17.2 Å². The third-order valence-corrected chi connectivity index (χ3v) is 7.59. The summed E-state index contributed by atoms with van der Waals surface area (Å²) in [6, 6.07) is 17.5. The van der Waals surface area contributed by atoms with Gasteiger partial charge in [0.15, 0.2) is 11.5 Å². The van der Waals surface area contributed by atoms with Crippen molar-refractivity contribution in [2.24, 2.45) is 0 Å². The van der Waals surface area contributed by atoms with Gasteiger partial charge in [0, 0.05) is 5.02 Å². The molecular weight excluding hydrogens is 504 g/mol. The Morgan fingerprint density at radius 2 is 1.56 bits per heavy atom. The minimum absolute atomic E-state index is 0.0340. The summed E-state index contributed by atoms with van der Waals surface area (Å²) in [6.07, 6.45) is 0.563. The Labute approximate surface area is 216 Å². The summed E-state index contributed by atoms with van der Waals surface area (Å²) in [6.45, 7) is 1.43. The van der Waals surface area contributed by atoms with Crippen molar-refractivity contribution in [1.82, 2.24) is 5.32 Å². The lowest BCUT2D eigenvalue weighted by atomic mass is 10.0. The lowest BCUT2D eigenvalue weighted by Crippen LogP contribution is -2.42. The summed E-state index contributed by atoms with van der Waals surface area (Å²) in [5, 5.41) is 3.23. The Bertz CT molecular complexity index is 1300. The number of carbonyl (C=O) groups is 1. The molecule has 8 nitrogen and oxygen atoms in total. The highest BCUT2D eigenvalue weighted by Crippen LogP contribution is 2.35. The van der Waals surface area contributed by atoms with Crippen LogP contribution >= 0.6 is 11.6 Å². The van der Waals surface area contributed by atoms with Gasteiger partial charge in [0.1, 0.15) is 12.3 Å². The smallest absolute Gasteiger partial charge is 0.264 e. The van der Waals surface area contributed by atoms with Crippen molar-refractivity contribution in [2.75, 3.05) is 32.2 Å². The summed E-state index contributed by atoms with van der Waals surface area (Å²) in [5.74, 6) is 0.854. The van der Waals surface area contributed by atoms with Crippen LogP contribution in [0.4, 0.5) is 5.69 Å². The fourth-order valence-corrected chi connectivity index (χ4v) is 5.35. The summed E-state index contributed by atoms with van der Waals surface area (Å²) in [5.41, 5.74) is 0.949. The van der Waals surface area contributed by atoms with Crippen molar-refractivity contribution >= 4 is 33.2 Å². The highest BCUT2D eigenvalue weighted by Gasteiger charge is 2.30. The van der Waals surface area contributed by atoms with Crippen LogP contribution in [0.3, 0.4) is 0 Å². The predicted molar refractivity (Wildman–Crippen MR) is 140 cm³/mol. The summed E-state index contributed by atoms with van der Waals surface area (Å²) in [4.78, 5) is 13.3. The molecule has 0 aliphatic rings. The summed E-state index contributed by atoms with van der Waals surface area (Å²) >= 11 is 6.19. The van der Waals surface area contributed by atoms with Crippen LogP contribution < -0.4 is 23.8 Å². The van der Waals surface area contributed by atoms with Crippen molar-refractivity contribution in [3.8, 4) is 17.2 Å². The van der Waals surface area contributed by atoms with Gasteiger partial charge in [-0.25, -0.2) is 8.42 Å². The molecule has 0 aliphatic carbocycles. The van der Waals surface area contributed by atoms with Crippen molar-refractivity contribution in [2.45, 2.75) is 24.3 Å². The van der Waals surface area contributed by atoms with Crippen LogP contribution in [0.25, 0.3) is 0 Å². The Balaban J connectivity index is 1.97. The lowest BCUT2D eigenvalue weighted by Gasteiger charge is -2.27. The number of sulfonamides is 1. The molecule has 0 spiro atoms. The molecule has 36 heavy (non-hydrogen) atoms. The molecule has 10 heteroatoms. The van der Waals surface area contributed by atoms with Crippen LogP contribution in [-0.4, -0.2) is 42.2 Å². The van der Waals surface area contributed by atoms with Crippen LogP contribution in [0.2, 0.25) is 5.02 Å². The second kappa shape index (κ2) is 12.0. The second-order valence-electron chi connectivity index (χ2n) is 7.78. The fraction of sp³-hybridized carbons (Fsp3) is 0.269. The molecule has 0 aliphatic heterocycles. The van der Waals surface area contributed by atoms with E-state index in [9.17, 15) is 13.2 Å². The average molecular weight is 533 g/mol. The fourth-order valence-electron chi connectivity index (χ4n) is 3.74. The number of hydrogen-bond acceptors (Lipinski definition) is 6. The lowest BCUT2D eigenvalue weighted by molar-refractivity contribution is -0.120. The van der Waals surface area contributed by atoms with Gasteiger partial charge in [-0.2, -0.15) is 0 Å². The standard InChI is InChI=1S/C26H29ClN2O6S/c1-5-21(18-11-13-24(34-3)25(15-18)35-4)28-26(30)17-29(22-16-19(27)12-14-23(22)33-2)36(31,32)20-9-7-6-8-10-20/h6-16,21H,5,17H2,1-4H3,(H,28,30). The van der Waals surface area contributed by atoms with Crippen molar-refractivity contribution in [3.63, 3.8) is 0 Å². The molecule has 1 atom stereocenters. The van der Waals surface area contributed by atoms with Crippen LogP contribution in [0.15, 0.2) is 71.6 Å². The van der Waals surface area contributed by atoms with E-state index in [0.717, 1.165) is 9.87 Å². The van der Waals surface area contributed by atoms with Gasteiger partial charge in [0.05, 0.1) is 38.0 Å². The van der Waals surface area contributed by atoms with Crippen LogP contribution in [-0.2, 0) is 14.8 Å². The van der Waals surface area contributed by atoms with Crippen molar-refractivity contribution in [1.29, 1.82) is 0 Å². The van der Waals surface area contributed by atoms with Crippen molar-refractivity contribution < 1.29 is 27.4 Å². The van der Waals surface area contributed by atoms with Gasteiger partial charge in [-0.3, -0.25) is 9.10 Å². The molecule has 0 saturated heterocycles. The summed E-state index contributed by atoms with van der Waals surface area (Å²) in [7, 11) is 0.371. The topological polar surface area (TPSA) is 94.2 Å². The van der Waals surface area contributed by atoms with Gasteiger partial charge in [0.2, 0.25) is 5.91 Å². The zero-order valence-electron chi connectivity index (χ0n) is 20.5. The Morgan fingerprint density at radius 3 is 2.17 bits per heavy atom. The number of methoxy groups -OCH3 is 3. The van der Waals surface area contributed by atoms with E-state index in [4.69, 9.17) is 25.8 Å². The van der Waals surface area contributed by atoms with E-state index in [2.05, 4.69) is 5.32 Å². The first-order valence-electron chi connectivity index (χ1n) is 11.2. The van der Waals surface area contributed by atoms with Gasteiger partial charge in [-0.15, -0.1) is 0 Å². The number of nitrogens with zero attached hydrogens (tertiary/aromatic N) is 1. The number of anilines is 1. The molecule has 0 bridgehead atoms. The monoisotopic (exact) mass is 532 g/mol. The molecule has 3 aromatic rings. The first-order valence-corrected chi connectivity index (χ1v) is 13.0. The van der Waals surface area contributed by atoms with E-state index in [1.165, 1.54) is 32.4 Å². The number of benzene rings is 3. The van der Waals surface area contributed by atoms with Crippen LogP contribution in [0.1, 0.15) is 24.9 Å². The maximum Gasteiger partial charge on any atom is 0.264 e. The molecule has 3 rings (SSSR count). The number of amides is 1. The van der Waals surface area contributed by atoms with Gasteiger partial charge < -0.3 is 19.5 Å². The molecule has 0 saturated carbocycles. The van der Waals surface area contributed by atoms with Gasteiger partial charge in [-0.05, 0) is 54.4 Å². The molecule has 1 unspecified atom stereocenters. The highest BCUT2D eigenvalue weighted by molar-refractivity contribution is 7.92. The average Bonchev–Trinajstić information content (AvgIpc) is 2.90. The summed E-state index contributed by atoms with van der Waals surface area (Å²) < 4.78 is 44.3. The molecule has 192 valence electrons. The van der Waals surface area contributed by atoms with E-state index in [-0.39, 0.29) is 22.4 Å². The zero-order chi connectivity index (χ0) is 26.3. The van der Waals surface area contributed by atoms with E-state index < -0.39 is 22.5 Å². The second-order valence-corrected chi connectivity index (χ2v) is 10.1. The molecule has 0 radical (unpaired) electrons. The molecule has 0 fully saturated rings. The number of hydrogen-bond donors (Lipinski definition) is 1. The number of halogens is 1. The molecule has 1 amide bonds. The third kappa shape index (κ3) is 6.03. The molecule has 0 heterocycles. The van der Waals surface area contributed by atoms with Gasteiger partial charge in [-0.1, -0.05) is 42.8 Å².